The molecule has 2 saturated heterocycles. The van der Waals surface area contributed by atoms with Gasteiger partial charge in [-0.3, -0.25) is 4.99 Å². The van der Waals surface area contributed by atoms with Gasteiger partial charge in [-0.05, 0) is 68.3 Å². The minimum Gasteiger partial charge on any atom is -0.404 e. The maximum absolute atomic E-state index is 13.4. The van der Waals surface area contributed by atoms with Crippen LogP contribution in [0.3, 0.4) is 0 Å². The van der Waals surface area contributed by atoms with Gasteiger partial charge >= 0.3 is 0 Å². The molecule has 150 valence electrons. The highest BCUT2D eigenvalue weighted by atomic mass is 19.1. The summed E-state index contributed by atoms with van der Waals surface area (Å²) in [5, 5.41) is 0. The molecule has 3 unspecified atom stereocenters. The molecule has 2 fully saturated rings. The van der Waals surface area contributed by atoms with Crippen LogP contribution in [0.2, 0.25) is 0 Å². The minimum atomic E-state index is -0.0789. The second kappa shape index (κ2) is 7.34. The Kier molecular flexibility index (Phi) is 4.66. The summed E-state index contributed by atoms with van der Waals surface area (Å²) in [4.78, 5) is 16.7. The Labute approximate surface area is 170 Å². The lowest BCUT2D eigenvalue weighted by Gasteiger charge is -2.54. The molecule has 29 heavy (non-hydrogen) atoms. The van der Waals surface area contributed by atoms with Crippen LogP contribution in [-0.2, 0) is 0 Å². The Hall–Kier alpha value is -2.60. The van der Waals surface area contributed by atoms with Crippen molar-refractivity contribution in [2.45, 2.75) is 38.0 Å². The summed E-state index contributed by atoms with van der Waals surface area (Å²) in [6.45, 7) is 3.19. The number of nitrogens with two attached hydrogens (primary N) is 1. The molecule has 3 atom stereocenters. The monoisotopic (exact) mass is 391 g/mol. The van der Waals surface area contributed by atoms with E-state index in [0.717, 1.165) is 61.7 Å². The molecular formula is C23H26FN5. The van der Waals surface area contributed by atoms with Crippen LogP contribution in [0, 0.1) is 5.41 Å². The van der Waals surface area contributed by atoms with E-state index < -0.39 is 0 Å². The van der Waals surface area contributed by atoms with Crippen molar-refractivity contribution in [3.05, 3.63) is 71.4 Å². The summed E-state index contributed by atoms with van der Waals surface area (Å²) in [7, 11) is 0. The molecule has 0 radical (unpaired) electrons. The molecule has 2 bridgehead atoms. The molecule has 6 heteroatoms. The minimum absolute atomic E-state index is 0.0188. The van der Waals surface area contributed by atoms with Crippen molar-refractivity contribution in [3.63, 3.8) is 0 Å². The second-order valence-corrected chi connectivity index (χ2v) is 8.44. The normalized spacial score (nSPS) is 34.3. The molecule has 0 aromatic carbocycles. The van der Waals surface area contributed by atoms with Crippen molar-refractivity contribution in [3.8, 4) is 0 Å². The smallest absolute Gasteiger partial charge is 0.132 e. The summed E-state index contributed by atoms with van der Waals surface area (Å²) in [6, 6.07) is 1.87. The van der Waals surface area contributed by atoms with Gasteiger partial charge in [-0.25, -0.2) is 14.4 Å². The predicted octanol–water partition coefficient (Wildman–Crippen LogP) is 3.80. The number of hydrogen-bond acceptors (Lipinski definition) is 5. The van der Waals surface area contributed by atoms with Crippen LogP contribution >= 0.6 is 0 Å². The van der Waals surface area contributed by atoms with E-state index in [1.54, 1.807) is 12.3 Å². The van der Waals surface area contributed by atoms with Crippen LogP contribution in [0.25, 0.3) is 0 Å². The highest BCUT2D eigenvalue weighted by molar-refractivity contribution is 6.10. The van der Waals surface area contributed by atoms with Crippen LogP contribution < -0.4 is 5.73 Å². The zero-order valence-electron chi connectivity index (χ0n) is 16.5. The largest absolute Gasteiger partial charge is 0.404 e. The van der Waals surface area contributed by atoms with Gasteiger partial charge in [0.1, 0.15) is 11.7 Å². The molecule has 0 saturated carbocycles. The van der Waals surface area contributed by atoms with E-state index in [-0.39, 0.29) is 17.2 Å². The van der Waals surface area contributed by atoms with Gasteiger partial charge in [-0.15, -0.1) is 0 Å². The Morgan fingerprint density at radius 3 is 2.79 bits per heavy atom. The van der Waals surface area contributed by atoms with Gasteiger partial charge in [0, 0.05) is 48.9 Å². The van der Waals surface area contributed by atoms with Gasteiger partial charge in [-0.2, -0.15) is 0 Å². The van der Waals surface area contributed by atoms with E-state index in [1.165, 1.54) is 11.6 Å². The fourth-order valence-corrected chi connectivity index (χ4v) is 5.38. The highest BCUT2D eigenvalue weighted by Crippen LogP contribution is 2.55. The molecule has 5 rings (SSSR count). The predicted molar refractivity (Wildman–Crippen MR) is 112 cm³/mol. The van der Waals surface area contributed by atoms with Crippen LogP contribution in [0.1, 0.15) is 43.8 Å². The quantitative estimate of drug-likeness (QED) is 0.833. The van der Waals surface area contributed by atoms with Crippen LogP contribution in [-0.4, -0.2) is 40.2 Å². The van der Waals surface area contributed by atoms with E-state index in [2.05, 4.69) is 20.9 Å². The first kappa shape index (κ1) is 18.4. The number of aromatic nitrogens is 2. The van der Waals surface area contributed by atoms with E-state index >= 15 is 0 Å². The number of nitrogens with zero attached hydrogens (tertiary/aromatic N) is 4. The highest BCUT2D eigenvalue weighted by Gasteiger charge is 2.52. The lowest BCUT2D eigenvalue weighted by molar-refractivity contribution is 0.0584. The lowest BCUT2D eigenvalue weighted by Crippen LogP contribution is -2.54. The van der Waals surface area contributed by atoms with Gasteiger partial charge in [0.05, 0.1) is 5.71 Å². The van der Waals surface area contributed by atoms with Crippen LogP contribution in [0.5, 0.6) is 0 Å². The third-order valence-electron chi connectivity index (χ3n) is 6.83. The number of piperidine rings is 2. The van der Waals surface area contributed by atoms with Gasteiger partial charge < -0.3 is 10.6 Å². The van der Waals surface area contributed by atoms with E-state index in [1.807, 2.05) is 18.5 Å². The molecular weight excluding hydrogens is 365 g/mol. The van der Waals surface area contributed by atoms with Gasteiger partial charge in [0.2, 0.25) is 0 Å². The zero-order valence-corrected chi connectivity index (χ0v) is 16.5. The molecule has 1 aromatic heterocycles. The summed E-state index contributed by atoms with van der Waals surface area (Å²) in [5.74, 6) is 1.14. The van der Waals surface area contributed by atoms with Crippen molar-refractivity contribution < 1.29 is 4.39 Å². The van der Waals surface area contributed by atoms with Crippen LogP contribution in [0.4, 0.5) is 4.39 Å². The Balaban J connectivity index is 1.58. The summed E-state index contributed by atoms with van der Waals surface area (Å²) >= 11 is 0. The molecule has 2 N–H and O–H groups in total. The van der Waals surface area contributed by atoms with E-state index in [9.17, 15) is 4.39 Å². The summed E-state index contributed by atoms with van der Waals surface area (Å²) in [5.41, 5.74) is 10.4. The second-order valence-electron chi connectivity index (χ2n) is 8.44. The third-order valence-corrected chi connectivity index (χ3v) is 6.83. The zero-order chi connectivity index (χ0) is 19.8. The topological polar surface area (TPSA) is 67.4 Å². The van der Waals surface area contributed by atoms with E-state index in [0.29, 0.717) is 12.8 Å². The maximum atomic E-state index is 13.4. The SMILES string of the molecule is NC=C1CC23CN(CCC2=CC1=NC1=CC=C(F)CC1)CCC3c1ncccn1. The number of aliphatic imine (C=N–C) groups is 1. The number of fused-ring (bicyclic) bond motifs is 1. The van der Waals surface area contributed by atoms with Gasteiger partial charge in [-0.1, -0.05) is 5.57 Å². The summed E-state index contributed by atoms with van der Waals surface area (Å²) < 4.78 is 13.4. The van der Waals surface area contributed by atoms with E-state index in [4.69, 9.17) is 10.7 Å². The molecule has 5 nitrogen and oxygen atoms in total. The van der Waals surface area contributed by atoms with Crippen molar-refractivity contribution in [2.75, 3.05) is 19.6 Å². The Bertz CT molecular complexity index is 959. The van der Waals surface area contributed by atoms with Gasteiger partial charge in [0.15, 0.2) is 0 Å². The fraction of sp³-hybridized carbons (Fsp3) is 0.435. The molecule has 1 aromatic rings. The number of halogens is 1. The Morgan fingerprint density at radius 2 is 2.03 bits per heavy atom. The average Bonchev–Trinajstić information content (AvgIpc) is 2.76. The summed E-state index contributed by atoms with van der Waals surface area (Å²) in [6.07, 6.45) is 14.9. The molecule has 0 amide bonds. The van der Waals surface area contributed by atoms with Gasteiger partial charge in [0.25, 0.3) is 0 Å². The van der Waals surface area contributed by atoms with Crippen molar-refractivity contribution in [2.24, 2.45) is 16.1 Å². The average molecular weight is 391 g/mol. The van der Waals surface area contributed by atoms with Crippen molar-refractivity contribution >= 4 is 5.71 Å². The number of rotatable bonds is 2. The first-order valence-electron chi connectivity index (χ1n) is 10.4. The van der Waals surface area contributed by atoms with Crippen molar-refractivity contribution in [1.29, 1.82) is 0 Å². The number of hydrogen-bond donors (Lipinski definition) is 1. The molecule has 1 spiro atoms. The van der Waals surface area contributed by atoms with Crippen LogP contribution in [0.15, 0.2) is 70.6 Å². The molecule has 2 aliphatic carbocycles. The third kappa shape index (κ3) is 3.25. The first-order chi connectivity index (χ1) is 14.2. The molecule has 3 heterocycles. The lowest BCUT2D eigenvalue weighted by atomic mass is 9.57. The first-order valence-corrected chi connectivity index (χ1v) is 10.4. The molecule has 4 aliphatic rings. The standard InChI is InChI=1S/C23H26FN5/c24-18-2-4-19(5-3-18)28-21-12-17-6-10-29-11-7-20(22-26-8-1-9-27-22)23(17,15-29)13-16(21)14-25/h1-2,4,8-9,12,14,20H,3,5-7,10-11,13,15,25H2. The fourth-order valence-electron chi connectivity index (χ4n) is 5.38. The Morgan fingerprint density at radius 1 is 1.17 bits per heavy atom. The maximum Gasteiger partial charge on any atom is 0.132 e. The van der Waals surface area contributed by atoms with Crippen molar-refractivity contribution in [1.82, 2.24) is 14.9 Å². The number of allylic oxidation sites excluding steroid dienone is 6. The molecule has 2 aliphatic heterocycles.